The van der Waals surface area contributed by atoms with Crippen molar-refractivity contribution < 1.29 is 14.3 Å². The molecule has 0 saturated carbocycles. The van der Waals surface area contributed by atoms with Crippen LogP contribution in [0.15, 0.2) is 47.4 Å². The number of amides is 1. The number of carbonyl (C=O) groups is 2. The first-order valence-corrected chi connectivity index (χ1v) is 10.3. The number of benzene rings is 2. The lowest BCUT2D eigenvalue weighted by atomic mass is 10.0. The number of halogens is 1. The van der Waals surface area contributed by atoms with Crippen molar-refractivity contribution in [3.8, 4) is 5.75 Å². The SMILES string of the molecule is CC(=O)c1ccc(OCCCC(=O)N[C@H]2CCSc3ccc(Cl)cc32)cc1. The van der Waals surface area contributed by atoms with Crippen molar-refractivity contribution in [2.24, 2.45) is 0 Å². The van der Waals surface area contributed by atoms with E-state index in [0.717, 1.165) is 17.7 Å². The molecule has 0 radical (unpaired) electrons. The van der Waals surface area contributed by atoms with Crippen LogP contribution in [0.1, 0.15) is 48.1 Å². The van der Waals surface area contributed by atoms with Crippen LogP contribution >= 0.6 is 23.4 Å². The fraction of sp³-hybridized carbons (Fsp3) is 0.333. The highest BCUT2D eigenvalue weighted by atomic mass is 35.5. The van der Waals surface area contributed by atoms with Crippen molar-refractivity contribution in [2.45, 2.75) is 37.1 Å². The van der Waals surface area contributed by atoms with Gasteiger partial charge in [-0.3, -0.25) is 9.59 Å². The molecular formula is C21H22ClNO3S. The monoisotopic (exact) mass is 403 g/mol. The number of nitrogens with one attached hydrogen (secondary N) is 1. The molecule has 3 rings (SSSR count). The highest BCUT2D eigenvalue weighted by molar-refractivity contribution is 7.99. The van der Waals surface area contributed by atoms with Gasteiger partial charge in [-0.2, -0.15) is 0 Å². The molecule has 1 atom stereocenters. The minimum absolute atomic E-state index is 0.0208. The van der Waals surface area contributed by atoms with Gasteiger partial charge < -0.3 is 10.1 Å². The van der Waals surface area contributed by atoms with Gasteiger partial charge in [-0.25, -0.2) is 0 Å². The molecule has 6 heteroatoms. The van der Waals surface area contributed by atoms with Crippen LogP contribution in [-0.2, 0) is 4.79 Å². The summed E-state index contributed by atoms with van der Waals surface area (Å²) in [5, 5.41) is 3.81. The Labute approximate surface area is 168 Å². The van der Waals surface area contributed by atoms with E-state index >= 15 is 0 Å². The molecule has 0 fully saturated rings. The van der Waals surface area contributed by atoms with Crippen LogP contribution < -0.4 is 10.1 Å². The molecule has 2 aromatic rings. The maximum absolute atomic E-state index is 12.3. The van der Waals surface area contributed by atoms with E-state index in [1.165, 1.54) is 11.8 Å². The topological polar surface area (TPSA) is 55.4 Å². The predicted octanol–water partition coefficient (Wildman–Crippen LogP) is 5.05. The van der Waals surface area contributed by atoms with Crippen molar-refractivity contribution >= 4 is 35.1 Å². The van der Waals surface area contributed by atoms with Crippen LogP contribution in [0, 0.1) is 0 Å². The second-order valence-corrected chi connectivity index (χ2v) is 8.05. The largest absolute Gasteiger partial charge is 0.494 e. The smallest absolute Gasteiger partial charge is 0.220 e. The molecule has 0 aromatic heterocycles. The molecule has 142 valence electrons. The zero-order valence-electron chi connectivity index (χ0n) is 15.2. The third kappa shape index (κ3) is 5.50. The summed E-state index contributed by atoms with van der Waals surface area (Å²) in [7, 11) is 0. The highest BCUT2D eigenvalue weighted by Crippen LogP contribution is 2.37. The van der Waals surface area contributed by atoms with Crippen LogP contribution in [0.2, 0.25) is 5.02 Å². The van der Waals surface area contributed by atoms with Crippen LogP contribution in [0.5, 0.6) is 5.75 Å². The van der Waals surface area contributed by atoms with Crippen molar-refractivity contribution in [3.05, 3.63) is 58.6 Å². The van der Waals surface area contributed by atoms with Gasteiger partial charge in [-0.15, -0.1) is 11.8 Å². The first-order valence-electron chi connectivity index (χ1n) is 8.98. The molecule has 1 aliphatic heterocycles. The van der Waals surface area contributed by atoms with Crippen LogP contribution in [0.4, 0.5) is 0 Å². The Bertz CT molecular complexity index is 823. The maximum atomic E-state index is 12.3. The zero-order chi connectivity index (χ0) is 19.2. The second-order valence-electron chi connectivity index (χ2n) is 6.47. The number of carbonyl (C=O) groups excluding carboxylic acids is 2. The van der Waals surface area contributed by atoms with Gasteiger partial charge in [-0.1, -0.05) is 11.6 Å². The lowest BCUT2D eigenvalue weighted by Crippen LogP contribution is -2.30. The summed E-state index contributed by atoms with van der Waals surface area (Å²) in [4.78, 5) is 24.7. The molecule has 4 nitrogen and oxygen atoms in total. The van der Waals surface area contributed by atoms with Gasteiger partial charge in [0.1, 0.15) is 5.75 Å². The molecule has 0 unspecified atom stereocenters. The van der Waals surface area contributed by atoms with Gasteiger partial charge in [0.2, 0.25) is 5.91 Å². The van der Waals surface area contributed by atoms with E-state index in [-0.39, 0.29) is 17.7 Å². The summed E-state index contributed by atoms with van der Waals surface area (Å²) in [5.41, 5.74) is 1.77. The van der Waals surface area contributed by atoms with Gasteiger partial charge in [0.15, 0.2) is 5.78 Å². The minimum Gasteiger partial charge on any atom is -0.494 e. The molecule has 0 bridgehead atoms. The number of ketones is 1. The summed E-state index contributed by atoms with van der Waals surface area (Å²) >= 11 is 7.91. The van der Waals surface area contributed by atoms with Gasteiger partial charge in [-0.05, 0) is 67.8 Å². The van der Waals surface area contributed by atoms with E-state index in [4.69, 9.17) is 16.3 Å². The quantitative estimate of drug-likeness (QED) is 0.518. The number of rotatable bonds is 7. The van der Waals surface area contributed by atoms with E-state index in [0.29, 0.717) is 35.8 Å². The van der Waals surface area contributed by atoms with Crippen LogP contribution in [-0.4, -0.2) is 24.1 Å². The lowest BCUT2D eigenvalue weighted by Gasteiger charge is -2.26. The zero-order valence-corrected chi connectivity index (χ0v) is 16.7. The minimum atomic E-state index is 0.0208. The van der Waals surface area contributed by atoms with Crippen molar-refractivity contribution in [1.29, 1.82) is 0 Å². The van der Waals surface area contributed by atoms with Crippen molar-refractivity contribution in [1.82, 2.24) is 5.32 Å². The Morgan fingerprint density at radius 3 is 2.74 bits per heavy atom. The molecule has 1 amide bonds. The van der Waals surface area contributed by atoms with Crippen LogP contribution in [0.3, 0.4) is 0 Å². The summed E-state index contributed by atoms with van der Waals surface area (Å²) in [5.74, 6) is 1.74. The second kappa shape index (κ2) is 9.29. The summed E-state index contributed by atoms with van der Waals surface area (Å²) in [6, 6.07) is 12.9. The molecule has 0 aliphatic carbocycles. The molecule has 0 spiro atoms. The van der Waals surface area contributed by atoms with Crippen LogP contribution in [0.25, 0.3) is 0 Å². The summed E-state index contributed by atoms with van der Waals surface area (Å²) < 4.78 is 5.64. The Kier molecular flexibility index (Phi) is 6.80. The number of hydrogen-bond acceptors (Lipinski definition) is 4. The average Bonchev–Trinajstić information content (AvgIpc) is 2.66. The number of ether oxygens (including phenoxy) is 1. The Hall–Kier alpha value is -1.98. The van der Waals surface area contributed by atoms with Gasteiger partial charge >= 0.3 is 0 Å². The van der Waals surface area contributed by atoms with E-state index < -0.39 is 0 Å². The number of thioether (sulfide) groups is 1. The molecule has 1 N–H and O–H groups in total. The predicted molar refractivity (Wildman–Crippen MR) is 109 cm³/mol. The fourth-order valence-electron chi connectivity index (χ4n) is 2.99. The molecule has 1 heterocycles. The fourth-order valence-corrected chi connectivity index (χ4v) is 4.28. The normalized spacial score (nSPS) is 15.7. The van der Waals surface area contributed by atoms with Gasteiger partial charge in [0.25, 0.3) is 0 Å². The molecule has 27 heavy (non-hydrogen) atoms. The number of Topliss-reactive ketones (excluding diaryl/α,β-unsaturated/α-hetero) is 1. The highest BCUT2D eigenvalue weighted by Gasteiger charge is 2.22. The lowest BCUT2D eigenvalue weighted by molar-refractivity contribution is -0.122. The van der Waals surface area contributed by atoms with Crippen molar-refractivity contribution in [2.75, 3.05) is 12.4 Å². The first-order chi connectivity index (χ1) is 13.0. The van der Waals surface area contributed by atoms with E-state index in [1.54, 1.807) is 36.0 Å². The van der Waals surface area contributed by atoms with Gasteiger partial charge in [0.05, 0.1) is 12.6 Å². The Morgan fingerprint density at radius 1 is 1.22 bits per heavy atom. The number of fused-ring (bicyclic) bond motifs is 1. The molecule has 2 aromatic carbocycles. The average molecular weight is 404 g/mol. The molecular weight excluding hydrogens is 382 g/mol. The third-order valence-corrected chi connectivity index (χ3v) is 5.78. The van der Waals surface area contributed by atoms with E-state index in [9.17, 15) is 9.59 Å². The maximum Gasteiger partial charge on any atom is 0.220 e. The molecule has 0 saturated heterocycles. The standard InChI is InChI=1S/C21H22ClNO3S/c1-14(24)15-4-7-17(8-5-15)26-11-2-3-21(25)23-19-10-12-27-20-9-6-16(22)13-18(19)20/h4-9,13,19H,2-3,10-12H2,1H3,(H,23,25)/t19-/m0/s1. The third-order valence-electron chi connectivity index (χ3n) is 4.42. The number of hydrogen-bond donors (Lipinski definition) is 1. The van der Waals surface area contributed by atoms with Gasteiger partial charge in [0, 0.05) is 27.7 Å². The van der Waals surface area contributed by atoms with E-state index in [1.807, 2.05) is 18.2 Å². The summed E-state index contributed by atoms with van der Waals surface area (Å²) in [6.45, 7) is 1.99. The Morgan fingerprint density at radius 2 is 2.00 bits per heavy atom. The van der Waals surface area contributed by atoms with Crippen molar-refractivity contribution in [3.63, 3.8) is 0 Å². The first kappa shape index (κ1) is 19.8. The molecule has 1 aliphatic rings. The van der Waals surface area contributed by atoms with E-state index in [2.05, 4.69) is 5.32 Å². The Balaban J connectivity index is 1.44. The summed E-state index contributed by atoms with van der Waals surface area (Å²) in [6.07, 6.45) is 1.94.